The molecule has 44 heavy (non-hydrogen) atoms. The van der Waals surface area contributed by atoms with Crippen molar-refractivity contribution in [3.8, 4) is 23.1 Å². The van der Waals surface area contributed by atoms with Crippen molar-refractivity contribution in [3.63, 3.8) is 0 Å². The molecule has 2 aromatic carbocycles. The van der Waals surface area contributed by atoms with Crippen LogP contribution in [0.3, 0.4) is 0 Å². The van der Waals surface area contributed by atoms with Gasteiger partial charge >= 0.3 is 6.18 Å². The standard InChI is InChI=1S/C32H29F3N4O4S/c1-43-23-14-12-20(13-15-23)26-16-25(32(33,34)35)24(18-36)30(37-26)44-19-29(41)38(21-8-4-2-5-9-21)27-17-28(40)39(31(27)42)22-10-6-3-7-11-22/h3,6-7,10-16,21,27H,2,4-5,8-9,17,19H2,1H3. The summed E-state index contributed by atoms with van der Waals surface area (Å²) < 4.78 is 47.4. The molecular formula is C32H29F3N4O4S. The van der Waals surface area contributed by atoms with Gasteiger partial charge < -0.3 is 9.64 Å². The van der Waals surface area contributed by atoms with E-state index < -0.39 is 41.1 Å². The fourth-order valence-corrected chi connectivity index (χ4v) is 6.62. The fourth-order valence-electron chi connectivity index (χ4n) is 5.74. The van der Waals surface area contributed by atoms with E-state index in [0.717, 1.165) is 42.0 Å². The summed E-state index contributed by atoms with van der Waals surface area (Å²) >= 11 is 0.717. The number of anilines is 1. The minimum absolute atomic E-state index is 0.0202. The molecule has 1 atom stereocenters. The van der Waals surface area contributed by atoms with E-state index in [2.05, 4.69) is 4.98 Å². The second-order valence-corrected chi connectivity index (χ2v) is 11.5. The number of halogens is 3. The van der Waals surface area contributed by atoms with Gasteiger partial charge in [-0.3, -0.25) is 14.4 Å². The number of aromatic nitrogens is 1. The number of amides is 3. The fraction of sp³-hybridized carbons (Fsp3) is 0.344. The van der Waals surface area contributed by atoms with Crippen LogP contribution in [0.25, 0.3) is 11.3 Å². The summed E-state index contributed by atoms with van der Waals surface area (Å²) in [5.41, 5.74) is -1.08. The SMILES string of the molecule is COc1ccc(-c2cc(C(F)(F)F)c(C#N)c(SCC(=O)N(C3CCCCC3)C3CC(=O)N(c4ccccc4)C3=O)n2)cc1. The number of imide groups is 1. The second kappa shape index (κ2) is 13.1. The molecule has 1 unspecified atom stereocenters. The molecule has 5 rings (SSSR count). The molecule has 0 radical (unpaired) electrons. The van der Waals surface area contributed by atoms with Crippen LogP contribution in [0.1, 0.15) is 49.7 Å². The van der Waals surface area contributed by atoms with E-state index in [9.17, 15) is 32.8 Å². The molecule has 0 N–H and O–H groups in total. The van der Waals surface area contributed by atoms with Crippen molar-refractivity contribution < 1.29 is 32.3 Å². The highest BCUT2D eigenvalue weighted by Crippen LogP contribution is 2.39. The molecular weight excluding hydrogens is 593 g/mol. The minimum Gasteiger partial charge on any atom is -0.497 e. The summed E-state index contributed by atoms with van der Waals surface area (Å²) in [7, 11) is 1.47. The Morgan fingerprint density at radius 3 is 2.39 bits per heavy atom. The lowest BCUT2D eigenvalue weighted by atomic mass is 9.92. The number of carbonyl (C=O) groups is 3. The van der Waals surface area contributed by atoms with E-state index in [1.807, 2.05) is 0 Å². The zero-order chi connectivity index (χ0) is 31.4. The van der Waals surface area contributed by atoms with E-state index in [0.29, 0.717) is 29.8 Å². The summed E-state index contributed by atoms with van der Waals surface area (Å²) in [6.45, 7) is 0. The van der Waals surface area contributed by atoms with Crippen molar-refractivity contribution in [1.82, 2.24) is 9.88 Å². The maximum atomic E-state index is 14.1. The average Bonchev–Trinajstić information content (AvgIpc) is 3.32. The number of carbonyl (C=O) groups excluding carboxylic acids is 3. The Bertz CT molecular complexity index is 1590. The second-order valence-electron chi connectivity index (χ2n) is 10.6. The number of nitrogens with zero attached hydrogens (tertiary/aromatic N) is 4. The number of benzene rings is 2. The first-order valence-electron chi connectivity index (χ1n) is 14.1. The van der Waals surface area contributed by atoms with Crippen LogP contribution in [0.15, 0.2) is 65.7 Å². The van der Waals surface area contributed by atoms with Gasteiger partial charge in [-0.05, 0) is 55.3 Å². The molecule has 3 aromatic rings. The van der Waals surface area contributed by atoms with Crippen molar-refractivity contribution in [2.45, 2.75) is 61.8 Å². The number of alkyl halides is 3. The summed E-state index contributed by atoms with van der Waals surface area (Å²) in [6, 6.07) is 15.9. The van der Waals surface area contributed by atoms with E-state index in [1.165, 1.54) is 12.0 Å². The van der Waals surface area contributed by atoms with Gasteiger partial charge in [0.25, 0.3) is 5.91 Å². The largest absolute Gasteiger partial charge is 0.497 e. The van der Waals surface area contributed by atoms with Crippen LogP contribution in [0, 0.1) is 11.3 Å². The lowest BCUT2D eigenvalue weighted by Crippen LogP contribution is -2.52. The van der Waals surface area contributed by atoms with Crippen LogP contribution in [0.4, 0.5) is 18.9 Å². The van der Waals surface area contributed by atoms with Gasteiger partial charge in [-0.25, -0.2) is 9.88 Å². The van der Waals surface area contributed by atoms with Crippen molar-refractivity contribution in [2.75, 3.05) is 17.8 Å². The Balaban J connectivity index is 1.46. The van der Waals surface area contributed by atoms with Crippen molar-refractivity contribution in [3.05, 3.63) is 71.8 Å². The smallest absolute Gasteiger partial charge is 0.417 e. The third-order valence-electron chi connectivity index (χ3n) is 7.85. The number of hydrogen-bond donors (Lipinski definition) is 0. The lowest BCUT2D eigenvalue weighted by Gasteiger charge is -2.37. The summed E-state index contributed by atoms with van der Waals surface area (Å²) in [5, 5.41) is 9.50. The molecule has 12 heteroatoms. The van der Waals surface area contributed by atoms with E-state index in [1.54, 1.807) is 60.7 Å². The van der Waals surface area contributed by atoms with Crippen LogP contribution >= 0.6 is 11.8 Å². The zero-order valence-corrected chi connectivity index (χ0v) is 24.7. The number of thioether (sulfide) groups is 1. The molecule has 2 aliphatic rings. The van der Waals surface area contributed by atoms with Gasteiger partial charge in [0.1, 0.15) is 22.9 Å². The van der Waals surface area contributed by atoms with E-state index in [4.69, 9.17) is 4.74 Å². The van der Waals surface area contributed by atoms with Gasteiger partial charge in [-0.15, -0.1) is 0 Å². The number of hydrogen-bond acceptors (Lipinski definition) is 7. The predicted octanol–water partition coefficient (Wildman–Crippen LogP) is 6.23. The molecule has 1 saturated carbocycles. The molecule has 1 aliphatic heterocycles. The number of nitriles is 1. The van der Waals surface area contributed by atoms with Gasteiger partial charge in [0, 0.05) is 11.6 Å². The van der Waals surface area contributed by atoms with Crippen molar-refractivity contribution >= 4 is 35.2 Å². The molecule has 2 heterocycles. The summed E-state index contributed by atoms with van der Waals surface area (Å²) in [5.74, 6) is -1.31. The lowest BCUT2D eigenvalue weighted by molar-refractivity contribution is -0.139. The molecule has 228 valence electrons. The quantitative estimate of drug-likeness (QED) is 0.217. The highest BCUT2D eigenvalue weighted by atomic mass is 32.2. The molecule has 0 spiro atoms. The van der Waals surface area contributed by atoms with Crippen LogP contribution in [-0.2, 0) is 20.6 Å². The molecule has 1 aromatic heterocycles. The highest BCUT2D eigenvalue weighted by Gasteiger charge is 2.46. The normalized spacial score (nSPS) is 17.4. The van der Waals surface area contributed by atoms with Crippen molar-refractivity contribution in [2.24, 2.45) is 0 Å². The number of methoxy groups -OCH3 is 1. The third-order valence-corrected chi connectivity index (χ3v) is 8.81. The van der Waals surface area contributed by atoms with Gasteiger partial charge in [0.2, 0.25) is 11.8 Å². The van der Waals surface area contributed by atoms with Crippen LogP contribution < -0.4 is 9.64 Å². The maximum Gasteiger partial charge on any atom is 0.417 e. The van der Waals surface area contributed by atoms with Gasteiger partial charge in [-0.1, -0.05) is 49.2 Å². The highest BCUT2D eigenvalue weighted by molar-refractivity contribution is 8.00. The summed E-state index contributed by atoms with van der Waals surface area (Å²) in [6.07, 6.45) is -1.07. The number of pyridine rings is 1. The molecule has 3 amide bonds. The van der Waals surface area contributed by atoms with Crippen LogP contribution in [0.5, 0.6) is 5.75 Å². The Kier molecular flexibility index (Phi) is 9.25. The first kappa shape index (κ1) is 31.1. The van der Waals surface area contributed by atoms with Gasteiger partial charge in [0.15, 0.2) is 0 Å². The predicted molar refractivity (Wildman–Crippen MR) is 158 cm³/mol. The molecule has 1 aliphatic carbocycles. The Morgan fingerprint density at radius 1 is 1.09 bits per heavy atom. The van der Waals surface area contributed by atoms with E-state index >= 15 is 0 Å². The minimum atomic E-state index is -4.85. The van der Waals surface area contributed by atoms with Crippen molar-refractivity contribution in [1.29, 1.82) is 5.26 Å². The van der Waals surface area contributed by atoms with E-state index in [-0.39, 0.29) is 28.9 Å². The molecule has 8 nitrogen and oxygen atoms in total. The van der Waals surface area contributed by atoms with Crippen LogP contribution in [-0.4, -0.2) is 52.6 Å². The Labute approximate surface area is 256 Å². The third kappa shape index (κ3) is 6.43. The Morgan fingerprint density at radius 2 is 1.77 bits per heavy atom. The topological polar surface area (TPSA) is 104 Å². The molecule has 1 saturated heterocycles. The first-order valence-corrected chi connectivity index (χ1v) is 15.1. The number of para-hydroxylation sites is 1. The van der Waals surface area contributed by atoms with Crippen LogP contribution in [0.2, 0.25) is 0 Å². The first-order chi connectivity index (χ1) is 21.1. The van der Waals surface area contributed by atoms with Gasteiger partial charge in [-0.2, -0.15) is 18.4 Å². The van der Waals surface area contributed by atoms with Gasteiger partial charge in [0.05, 0.1) is 41.8 Å². The monoisotopic (exact) mass is 622 g/mol. The molecule has 0 bridgehead atoms. The average molecular weight is 623 g/mol. The Hall–Kier alpha value is -4.37. The number of rotatable bonds is 8. The zero-order valence-electron chi connectivity index (χ0n) is 23.8. The summed E-state index contributed by atoms with van der Waals surface area (Å²) in [4.78, 5) is 47.4. The number of ether oxygens (including phenoxy) is 1. The molecule has 2 fully saturated rings. The maximum absolute atomic E-state index is 14.1.